The lowest BCUT2D eigenvalue weighted by molar-refractivity contribution is -0.697. The standard InChI is InChI=1S/C9H14NO2S/c11-13(12)9-5-4-8-10-6-2-1-3-7-10/h1-3,6-7,13H,4-5,8-9H2/q+1. The number of rotatable bonds is 5. The highest BCUT2D eigenvalue weighted by Gasteiger charge is 1.97. The molecule has 0 amide bonds. The Morgan fingerprint density at radius 1 is 1.00 bits per heavy atom. The van der Waals surface area contributed by atoms with Crippen molar-refractivity contribution in [3.05, 3.63) is 30.6 Å². The van der Waals surface area contributed by atoms with Crippen LogP contribution in [0.4, 0.5) is 0 Å². The molecule has 0 spiro atoms. The van der Waals surface area contributed by atoms with Crippen molar-refractivity contribution in [2.75, 3.05) is 5.75 Å². The molecule has 0 aliphatic heterocycles. The first kappa shape index (κ1) is 10.2. The molecule has 0 fully saturated rings. The van der Waals surface area contributed by atoms with E-state index in [0.717, 1.165) is 19.4 Å². The van der Waals surface area contributed by atoms with Crippen LogP contribution >= 0.6 is 0 Å². The Hall–Kier alpha value is -0.900. The molecule has 0 aliphatic rings. The van der Waals surface area contributed by atoms with Gasteiger partial charge in [-0.05, 0) is 6.42 Å². The second-order valence-electron chi connectivity index (χ2n) is 2.88. The lowest BCUT2D eigenvalue weighted by Gasteiger charge is -1.93. The number of hydrogen-bond donors (Lipinski definition) is 1. The second-order valence-corrected chi connectivity index (χ2v) is 3.99. The zero-order valence-electron chi connectivity index (χ0n) is 7.43. The molecule has 0 aliphatic carbocycles. The third-order valence-electron chi connectivity index (χ3n) is 1.78. The van der Waals surface area contributed by atoms with Crippen molar-refractivity contribution >= 4 is 10.7 Å². The first-order valence-electron chi connectivity index (χ1n) is 4.35. The Bertz CT molecular complexity index is 301. The molecule has 0 aromatic carbocycles. The first-order valence-corrected chi connectivity index (χ1v) is 5.71. The van der Waals surface area contributed by atoms with Crippen molar-refractivity contribution in [2.45, 2.75) is 19.4 Å². The summed E-state index contributed by atoms with van der Waals surface area (Å²) in [7, 11) is -2.19. The molecule has 0 bridgehead atoms. The third kappa shape index (κ3) is 4.62. The molecule has 13 heavy (non-hydrogen) atoms. The van der Waals surface area contributed by atoms with E-state index in [1.54, 1.807) is 0 Å². The number of aryl methyl sites for hydroxylation is 1. The van der Waals surface area contributed by atoms with E-state index < -0.39 is 10.7 Å². The molecule has 0 radical (unpaired) electrons. The predicted molar refractivity (Wildman–Crippen MR) is 51.1 cm³/mol. The molecule has 1 heterocycles. The molecule has 72 valence electrons. The summed E-state index contributed by atoms with van der Waals surface area (Å²) in [6.45, 7) is 0.893. The number of pyridine rings is 1. The zero-order valence-corrected chi connectivity index (χ0v) is 8.32. The van der Waals surface area contributed by atoms with Gasteiger partial charge in [-0.1, -0.05) is 6.07 Å². The first-order chi connectivity index (χ1) is 6.29. The van der Waals surface area contributed by atoms with Crippen LogP contribution in [0.3, 0.4) is 0 Å². The summed E-state index contributed by atoms with van der Waals surface area (Å²) in [6.07, 6.45) is 5.63. The van der Waals surface area contributed by atoms with Gasteiger partial charge in [0.15, 0.2) is 12.4 Å². The van der Waals surface area contributed by atoms with Crippen LogP contribution in [0.5, 0.6) is 0 Å². The van der Waals surface area contributed by atoms with Crippen LogP contribution in [0, 0.1) is 0 Å². The Labute approximate surface area is 80.0 Å². The Morgan fingerprint density at radius 3 is 2.31 bits per heavy atom. The smallest absolute Gasteiger partial charge is 0.168 e. The number of thiol groups is 1. The second kappa shape index (κ2) is 5.70. The Balaban J connectivity index is 2.20. The van der Waals surface area contributed by atoms with Gasteiger partial charge < -0.3 is 0 Å². The van der Waals surface area contributed by atoms with Gasteiger partial charge in [-0.25, -0.2) is 13.0 Å². The lowest BCUT2D eigenvalue weighted by atomic mass is 10.3. The fourth-order valence-corrected chi connectivity index (χ4v) is 1.60. The van der Waals surface area contributed by atoms with Gasteiger partial charge in [0.1, 0.15) is 17.2 Å². The van der Waals surface area contributed by atoms with E-state index in [1.165, 1.54) is 0 Å². The van der Waals surface area contributed by atoms with Crippen molar-refractivity contribution in [1.82, 2.24) is 0 Å². The highest BCUT2D eigenvalue weighted by atomic mass is 32.2. The normalized spacial score (nSPS) is 10.5. The van der Waals surface area contributed by atoms with E-state index >= 15 is 0 Å². The van der Waals surface area contributed by atoms with Crippen LogP contribution in [-0.2, 0) is 17.2 Å². The maximum absolute atomic E-state index is 10.2. The fraction of sp³-hybridized carbons (Fsp3) is 0.444. The summed E-state index contributed by atoms with van der Waals surface area (Å²) in [4.78, 5) is 0. The summed E-state index contributed by atoms with van der Waals surface area (Å²) in [6, 6.07) is 5.90. The quantitative estimate of drug-likeness (QED) is 0.423. The van der Waals surface area contributed by atoms with E-state index in [0.29, 0.717) is 5.75 Å². The van der Waals surface area contributed by atoms with Crippen LogP contribution in [0.15, 0.2) is 30.6 Å². The highest BCUT2D eigenvalue weighted by molar-refractivity contribution is 7.72. The van der Waals surface area contributed by atoms with Gasteiger partial charge in [-0.15, -0.1) is 0 Å². The van der Waals surface area contributed by atoms with E-state index in [9.17, 15) is 8.42 Å². The maximum Gasteiger partial charge on any atom is 0.168 e. The lowest BCUT2D eigenvalue weighted by Crippen LogP contribution is -2.32. The molecule has 0 unspecified atom stereocenters. The van der Waals surface area contributed by atoms with Crippen LogP contribution < -0.4 is 4.57 Å². The van der Waals surface area contributed by atoms with Gasteiger partial charge in [0.05, 0.1) is 0 Å². The zero-order chi connectivity index (χ0) is 9.52. The summed E-state index contributed by atoms with van der Waals surface area (Å²) in [5.74, 6) is 0.308. The van der Waals surface area contributed by atoms with Crippen molar-refractivity contribution in [3.8, 4) is 0 Å². The monoisotopic (exact) mass is 200 g/mol. The topological polar surface area (TPSA) is 38.0 Å². The van der Waals surface area contributed by atoms with Gasteiger partial charge in [0.25, 0.3) is 0 Å². The van der Waals surface area contributed by atoms with E-state index in [1.807, 2.05) is 30.6 Å². The van der Waals surface area contributed by atoms with Crippen LogP contribution in [0.2, 0.25) is 0 Å². The van der Waals surface area contributed by atoms with Gasteiger partial charge in [0.2, 0.25) is 0 Å². The minimum absolute atomic E-state index is 0.308. The highest BCUT2D eigenvalue weighted by Crippen LogP contribution is 1.89. The molecule has 3 nitrogen and oxygen atoms in total. The third-order valence-corrected chi connectivity index (χ3v) is 2.47. The van der Waals surface area contributed by atoms with Gasteiger partial charge in [-0.3, -0.25) is 0 Å². The minimum Gasteiger partial charge on any atom is -0.232 e. The summed E-state index contributed by atoms with van der Waals surface area (Å²) < 4.78 is 22.5. The molecule has 0 saturated heterocycles. The van der Waals surface area contributed by atoms with Crippen molar-refractivity contribution in [3.63, 3.8) is 0 Å². The number of aromatic nitrogens is 1. The molecule has 0 saturated carbocycles. The van der Waals surface area contributed by atoms with E-state index in [-0.39, 0.29) is 0 Å². The molecule has 1 rings (SSSR count). The maximum atomic E-state index is 10.2. The number of unbranched alkanes of at least 4 members (excludes halogenated alkanes) is 1. The summed E-state index contributed by atoms with van der Waals surface area (Å²) in [5.41, 5.74) is 0. The number of hydrogen-bond acceptors (Lipinski definition) is 2. The number of nitrogens with zero attached hydrogens (tertiary/aromatic N) is 1. The summed E-state index contributed by atoms with van der Waals surface area (Å²) in [5, 5.41) is 0. The average Bonchev–Trinajstić information content (AvgIpc) is 2.14. The van der Waals surface area contributed by atoms with Crippen LogP contribution in [0.1, 0.15) is 12.8 Å². The van der Waals surface area contributed by atoms with Gasteiger partial charge in [0, 0.05) is 24.3 Å². The van der Waals surface area contributed by atoms with Crippen LogP contribution in [-0.4, -0.2) is 14.2 Å². The molecule has 1 aromatic heterocycles. The molecular formula is C9H14NO2S+. The Kier molecular flexibility index (Phi) is 4.46. The minimum atomic E-state index is -2.19. The summed E-state index contributed by atoms with van der Waals surface area (Å²) >= 11 is 0. The Morgan fingerprint density at radius 2 is 1.69 bits per heavy atom. The van der Waals surface area contributed by atoms with Crippen molar-refractivity contribution in [2.24, 2.45) is 0 Å². The van der Waals surface area contributed by atoms with Crippen molar-refractivity contribution in [1.29, 1.82) is 0 Å². The fourth-order valence-electron chi connectivity index (χ4n) is 1.12. The molecule has 0 atom stereocenters. The van der Waals surface area contributed by atoms with Gasteiger partial charge >= 0.3 is 0 Å². The molecule has 0 N–H and O–H groups in total. The van der Waals surface area contributed by atoms with Crippen LogP contribution in [0.25, 0.3) is 0 Å². The van der Waals surface area contributed by atoms with Crippen molar-refractivity contribution < 1.29 is 13.0 Å². The van der Waals surface area contributed by atoms with E-state index in [4.69, 9.17) is 0 Å². The molecular weight excluding hydrogens is 186 g/mol. The van der Waals surface area contributed by atoms with E-state index in [2.05, 4.69) is 4.57 Å². The largest absolute Gasteiger partial charge is 0.232 e. The molecule has 4 heteroatoms. The average molecular weight is 200 g/mol. The molecule has 1 aromatic rings. The SMILES string of the molecule is O=[SH](=O)CCCC[n+]1ccccc1. The predicted octanol–water partition coefficient (Wildman–Crippen LogP) is 0.366. The van der Waals surface area contributed by atoms with Gasteiger partial charge in [-0.2, -0.15) is 0 Å².